The number of hydrogen-bond acceptors (Lipinski definition) is 9. The molecule has 15 heteroatoms. The summed E-state index contributed by atoms with van der Waals surface area (Å²) in [5.41, 5.74) is 12.5. The Morgan fingerprint density at radius 1 is 0.553 bits per heavy atom. The van der Waals surface area contributed by atoms with Crippen LogP contribution in [0.15, 0.2) is 0 Å². The lowest BCUT2D eigenvalue weighted by molar-refractivity contribution is -0.122. The largest absolute Gasteiger partial charge is 0.356 e. The average Bonchev–Trinajstić information content (AvgIpc) is 2.96. The first-order valence-corrected chi connectivity index (χ1v) is 16.8. The predicted octanol–water partition coefficient (Wildman–Crippen LogP) is -0.870. The van der Waals surface area contributed by atoms with Crippen molar-refractivity contribution in [1.29, 1.82) is 0 Å². The molecule has 3 aliphatic rings. The van der Waals surface area contributed by atoms with Crippen LogP contribution in [0.3, 0.4) is 0 Å². The Bertz CT molecular complexity index is 932. The van der Waals surface area contributed by atoms with Crippen LogP contribution >= 0.6 is 0 Å². The highest BCUT2D eigenvalue weighted by Crippen LogP contribution is 2.41. The summed E-state index contributed by atoms with van der Waals surface area (Å²) in [6.07, 6.45) is 7.26. The molecule has 2 bridgehead atoms. The molecule has 2 unspecified atom stereocenters. The molecular formula is C32H61N9O6. The van der Waals surface area contributed by atoms with E-state index in [2.05, 4.69) is 36.8 Å². The van der Waals surface area contributed by atoms with Crippen molar-refractivity contribution in [3.05, 3.63) is 0 Å². The maximum absolute atomic E-state index is 11.3. The molecule has 3 aliphatic heterocycles. The van der Waals surface area contributed by atoms with Gasteiger partial charge in [0.1, 0.15) is 0 Å². The van der Waals surface area contributed by atoms with Gasteiger partial charge in [0.2, 0.25) is 35.4 Å². The molecule has 47 heavy (non-hydrogen) atoms. The van der Waals surface area contributed by atoms with E-state index >= 15 is 0 Å². The number of carbonyl (C=O) groups is 6. The Labute approximate surface area is 280 Å². The van der Waals surface area contributed by atoms with Crippen molar-refractivity contribution in [3.8, 4) is 0 Å². The lowest BCUT2D eigenvalue weighted by Crippen LogP contribution is -2.73. The second-order valence-electron chi connectivity index (χ2n) is 13.3. The Morgan fingerprint density at radius 2 is 0.809 bits per heavy atom. The highest BCUT2D eigenvalue weighted by atomic mass is 16.2. The van der Waals surface area contributed by atoms with E-state index in [4.69, 9.17) is 11.5 Å². The first kappa shape index (κ1) is 41.7. The van der Waals surface area contributed by atoms with E-state index in [1.54, 1.807) is 0 Å². The Morgan fingerprint density at radius 3 is 1.04 bits per heavy atom. The fraction of sp³-hybridized carbons (Fsp3) is 0.812. The maximum atomic E-state index is 11.3. The van der Waals surface area contributed by atoms with Gasteiger partial charge in [0, 0.05) is 110 Å². The topological polar surface area (TPSA) is 230 Å². The number of rotatable bonds is 18. The number of nitrogens with zero attached hydrogens (tertiary/aromatic N) is 1. The summed E-state index contributed by atoms with van der Waals surface area (Å²) in [6, 6.07) is 0.330. The molecule has 3 heterocycles. The highest BCUT2D eigenvalue weighted by Gasteiger charge is 2.51. The van der Waals surface area contributed by atoms with E-state index in [0.29, 0.717) is 39.3 Å². The molecule has 0 spiro atoms. The quantitative estimate of drug-likeness (QED) is 0.0849. The first-order valence-electron chi connectivity index (χ1n) is 16.8. The first-order chi connectivity index (χ1) is 21.9. The smallest absolute Gasteiger partial charge is 0.216 e. The van der Waals surface area contributed by atoms with Gasteiger partial charge in [-0.2, -0.15) is 0 Å². The van der Waals surface area contributed by atoms with Gasteiger partial charge in [-0.25, -0.2) is 0 Å². The minimum atomic E-state index is -0.338. The second kappa shape index (κ2) is 20.8. The molecular weight excluding hydrogens is 606 g/mol. The molecule has 0 saturated carbocycles. The number of nitrogens with one attached hydrogen (secondary N) is 6. The third-order valence-corrected chi connectivity index (χ3v) is 8.63. The third-order valence-electron chi connectivity index (χ3n) is 8.63. The molecule has 3 saturated heterocycles. The molecule has 0 aromatic carbocycles. The molecule has 3 atom stereocenters. The minimum Gasteiger partial charge on any atom is -0.356 e. The molecule has 3 rings (SSSR count). The molecule has 0 aliphatic carbocycles. The van der Waals surface area contributed by atoms with E-state index in [0.717, 1.165) is 57.8 Å². The summed E-state index contributed by atoms with van der Waals surface area (Å²) in [6.45, 7) is 12.4. The van der Waals surface area contributed by atoms with Gasteiger partial charge in [0.25, 0.3) is 0 Å². The Hall–Kier alpha value is -3.30. The van der Waals surface area contributed by atoms with E-state index in [1.807, 2.05) is 0 Å². The minimum absolute atomic E-state index is 0.0380. The zero-order valence-electron chi connectivity index (χ0n) is 29.4. The van der Waals surface area contributed by atoms with Crippen LogP contribution in [-0.4, -0.2) is 109 Å². The summed E-state index contributed by atoms with van der Waals surface area (Å²) in [5, 5.41) is 17.0. The fourth-order valence-corrected chi connectivity index (χ4v) is 6.68. The van der Waals surface area contributed by atoms with Gasteiger partial charge in [0.05, 0.1) is 0 Å². The summed E-state index contributed by atoms with van der Waals surface area (Å²) >= 11 is 0. The Kier molecular flexibility index (Phi) is 18.5. The van der Waals surface area contributed by atoms with Crippen LogP contribution in [0.25, 0.3) is 0 Å². The lowest BCUT2D eigenvalue weighted by Gasteiger charge is -2.59. The van der Waals surface area contributed by atoms with Gasteiger partial charge in [-0.05, 0) is 57.8 Å². The van der Waals surface area contributed by atoms with Crippen molar-refractivity contribution in [2.75, 3.05) is 39.3 Å². The number of amides is 6. The van der Waals surface area contributed by atoms with Gasteiger partial charge in [-0.3, -0.25) is 33.7 Å². The van der Waals surface area contributed by atoms with Gasteiger partial charge in [-0.1, -0.05) is 0 Å². The number of carbonyl (C=O) groups excluding carboxylic acids is 6. The van der Waals surface area contributed by atoms with Crippen molar-refractivity contribution < 1.29 is 28.8 Å². The monoisotopic (exact) mass is 667 g/mol. The average molecular weight is 668 g/mol. The molecule has 10 N–H and O–H groups in total. The zero-order valence-corrected chi connectivity index (χ0v) is 29.4. The van der Waals surface area contributed by atoms with Crippen LogP contribution in [0.4, 0.5) is 0 Å². The normalized spacial score (nSPS) is 23.0. The summed E-state index contributed by atoms with van der Waals surface area (Å²) in [7, 11) is 0. The van der Waals surface area contributed by atoms with Crippen LogP contribution < -0.4 is 43.4 Å². The van der Waals surface area contributed by atoms with Crippen molar-refractivity contribution >= 4 is 35.4 Å². The predicted molar refractivity (Wildman–Crippen MR) is 181 cm³/mol. The van der Waals surface area contributed by atoms with E-state index in [-0.39, 0.29) is 64.6 Å². The number of hydrogen-bond donors (Lipinski definition) is 8. The van der Waals surface area contributed by atoms with Crippen molar-refractivity contribution in [2.24, 2.45) is 11.5 Å². The lowest BCUT2D eigenvalue weighted by atomic mass is 9.69. The van der Waals surface area contributed by atoms with E-state index in [1.165, 1.54) is 41.5 Å². The van der Waals surface area contributed by atoms with Crippen LogP contribution in [-0.2, 0) is 28.8 Å². The number of piperidine rings is 3. The summed E-state index contributed by atoms with van der Waals surface area (Å²) < 4.78 is 0. The summed E-state index contributed by atoms with van der Waals surface area (Å²) in [5.74, 6) is -0.321. The third kappa shape index (κ3) is 18.0. The van der Waals surface area contributed by atoms with Crippen LogP contribution in [0.1, 0.15) is 99.3 Å². The van der Waals surface area contributed by atoms with Gasteiger partial charge < -0.3 is 43.4 Å². The Balaban J connectivity index is 0.000000471. The van der Waals surface area contributed by atoms with Crippen LogP contribution in [0.2, 0.25) is 0 Å². The molecule has 6 amide bonds. The standard InChI is InChI=1S/C16H29N5O3.C16H32N4O3/c1-10(22)18-7-13-4-16(17)5-14(8-19-11(2)23)21(13)15(6-16)9-20-12(3)24;1-13(21)18-10-4-7-16(17,8-5-11-19-14(2)22)9-6-12-20-15(3)23/h13-15H,4-9,17H2,1-3H3,(H,18,22)(H,19,23)(H,20,24);4-12,17H2,1-3H3,(H,18,21)(H,19,22)(H,20,23)/t13-,14?,15?,16?;/m1./s1. The number of nitrogens with two attached hydrogens (primary N) is 2. The van der Waals surface area contributed by atoms with Gasteiger partial charge >= 0.3 is 0 Å². The van der Waals surface area contributed by atoms with E-state index < -0.39 is 0 Å². The highest BCUT2D eigenvalue weighted by molar-refractivity contribution is 5.74. The van der Waals surface area contributed by atoms with Crippen molar-refractivity contribution in [2.45, 2.75) is 129 Å². The zero-order chi connectivity index (χ0) is 35.6. The van der Waals surface area contributed by atoms with Gasteiger partial charge in [0.15, 0.2) is 0 Å². The molecule has 0 aromatic heterocycles. The number of fused-ring (bicyclic) bond motifs is 3. The second-order valence-corrected chi connectivity index (χ2v) is 13.3. The van der Waals surface area contributed by atoms with Crippen LogP contribution in [0, 0.1) is 0 Å². The summed E-state index contributed by atoms with van der Waals surface area (Å²) in [4.78, 5) is 68.9. The molecule has 270 valence electrons. The fourth-order valence-electron chi connectivity index (χ4n) is 6.68. The van der Waals surface area contributed by atoms with Crippen molar-refractivity contribution in [1.82, 2.24) is 36.8 Å². The van der Waals surface area contributed by atoms with Crippen molar-refractivity contribution in [3.63, 3.8) is 0 Å². The molecule has 15 nitrogen and oxygen atoms in total. The molecule has 3 fully saturated rings. The van der Waals surface area contributed by atoms with E-state index in [9.17, 15) is 28.8 Å². The van der Waals surface area contributed by atoms with Crippen LogP contribution in [0.5, 0.6) is 0 Å². The SMILES string of the molecule is CC(=O)NCC1CC2(N)CC(CNC(C)=O)N1[C@@H](CNC(C)=O)C2.CC(=O)NCCCC(N)(CCCNC(C)=O)CCCNC(C)=O. The molecule has 0 aromatic rings. The van der Waals surface area contributed by atoms with Gasteiger partial charge in [-0.15, -0.1) is 0 Å². The molecule has 0 radical (unpaired) electrons. The maximum Gasteiger partial charge on any atom is 0.216 e.